The molecule has 0 saturated carbocycles. The molecule has 0 aliphatic carbocycles. The second-order valence-electron chi connectivity index (χ2n) is 6.19. The second kappa shape index (κ2) is 7.02. The van der Waals surface area contributed by atoms with Crippen LogP contribution in [0.15, 0.2) is 36.4 Å². The monoisotopic (exact) mass is 329 g/mol. The number of benzene rings is 1. The Morgan fingerprint density at radius 3 is 2.42 bits per heavy atom. The summed E-state index contributed by atoms with van der Waals surface area (Å²) in [6, 6.07) is 11.7. The van der Waals surface area contributed by atoms with E-state index in [-0.39, 0.29) is 0 Å². The first kappa shape index (κ1) is 16.5. The van der Waals surface area contributed by atoms with Crippen molar-refractivity contribution in [3.05, 3.63) is 42.1 Å². The van der Waals surface area contributed by atoms with Crippen LogP contribution in [-0.2, 0) is 0 Å². The molecule has 7 heteroatoms. The van der Waals surface area contributed by atoms with E-state index in [1.54, 1.807) is 16.2 Å². The van der Waals surface area contributed by atoms with E-state index < -0.39 is 5.91 Å². The van der Waals surface area contributed by atoms with Crippen molar-refractivity contribution >= 4 is 11.7 Å². The van der Waals surface area contributed by atoms with Gasteiger partial charge in [0.25, 0.3) is 5.91 Å². The van der Waals surface area contributed by atoms with Gasteiger partial charge in [0.2, 0.25) is 0 Å². The molecular formula is C17H23N5O2. The molecule has 3 rings (SSSR count). The third-order valence-electron chi connectivity index (χ3n) is 4.40. The summed E-state index contributed by atoms with van der Waals surface area (Å²) in [5.41, 5.74) is 2.79. The molecule has 1 saturated heterocycles. The van der Waals surface area contributed by atoms with Gasteiger partial charge in [0.05, 0.1) is 5.69 Å². The third kappa shape index (κ3) is 3.27. The SMILES string of the molecule is CC(C)N1CCN(c2cc(C(=O)NO)n(-c3ccccc3)n2)CC1. The van der Waals surface area contributed by atoms with Crippen LogP contribution < -0.4 is 10.4 Å². The molecule has 0 atom stereocenters. The maximum atomic E-state index is 12.0. The zero-order valence-electron chi connectivity index (χ0n) is 14.0. The minimum absolute atomic E-state index is 0.310. The number of hydrogen-bond acceptors (Lipinski definition) is 5. The van der Waals surface area contributed by atoms with Crippen molar-refractivity contribution in [3.8, 4) is 5.69 Å². The van der Waals surface area contributed by atoms with Crippen LogP contribution in [0.2, 0.25) is 0 Å². The fourth-order valence-corrected chi connectivity index (χ4v) is 2.98. The van der Waals surface area contributed by atoms with E-state index >= 15 is 0 Å². The Kier molecular flexibility index (Phi) is 4.82. The molecule has 1 amide bonds. The van der Waals surface area contributed by atoms with Gasteiger partial charge in [0.15, 0.2) is 5.82 Å². The van der Waals surface area contributed by atoms with Crippen molar-refractivity contribution in [1.82, 2.24) is 20.2 Å². The van der Waals surface area contributed by atoms with E-state index in [4.69, 9.17) is 5.21 Å². The average molecular weight is 329 g/mol. The molecule has 1 aliphatic rings. The highest BCUT2D eigenvalue weighted by atomic mass is 16.5. The van der Waals surface area contributed by atoms with Crippen LogP contribution in [0.25, 0.3) is 5.69 Å². The number of nitrogens with one attached hydrogen (secondary N) is 1. The lowest BCUT2D eigenvalue weighted by Crippen LogP contribution is -2.49. The molecule has 24 heavy (non-hydrogen) atoms. The number of rotatable bonds is 4. The molecule has 2 heterocycles. The van der Waals surface area contributed by atoms with E-state index in [0.29, 0.717) is 11.7 Å². The minimum atomic E-state index is -0.571. The van der Waals surface area contributed by atoms with Crippen LogP contribution in [0, 0.1) is 0 Å². The van der Waals surface area contributed by atoms with E-state index in [0.717, 1.165) is 37.7 Å². The topological polar surface area (TPSA) is 73.6 Å². The van der Waals surface area contributed by atoms with Crippen molar-refractivity contribution in [2.24, 2.45) is 0 Å². The Bertz CT molecular complexity index is 690. The molecule has 7 nitrogen and oxygen atoms in total. The molecule has 0 bridgehead atoms. The number of carbonyl (C=O) groups excluding carboxylic acids is 1. The number of hydroxylamine groups is 1. The van der Waals surface area contributed by atoms with Gasteiger partial charge in [0.1, 0.15) is 5.69 Å². The van der Waals surface area contributed by atoms with Crippen LogP contribution in [0.3, 0.4) is 0 Å². The van der Waals surface area contributed by atoms with Crippen LogP contribution in [-0.4, -0.2) is 58.0 Å². The Hall–Kier alpha value is -2.38. The summed E-state index contributed by atoms with van der Waals surface area (Å²) < 4.78 is 1.57. The fourth-order valence-electron chi connectivity index (χ4n) is 2.98. The number of hydrogen-bond donors (Lipinski definition) is 2. The van der Waals surface area contributed by atoms with Gasteiger partial charge in [-0.25, -0.2) is 10.2 Å². The maximum Gasteiger partial charge on any atom is 0.293 e. The molecule has 2 aromatic rings. The maximum absolute atomic E-state index is 12.0. The average Bonchev–Trinajstić information content (AvgIpc) is 3.07. The van der Waals surface area contributed by atoms with E-state index in [9.17, 15) is 4.79 Å². The largest absolute Gasteiger partial charge is 0.353 e. The second-order valence-corrected chi connectivity index (χ2v) is 6.19. The number of amides is 1. The lowest BCUT2D eigenvalue weighted by Gasteiger charge is -2.36. The molecule has 1 aliphatic heterocycles. The molecule has 0 radical (unpaired) electrons. The minimum Gasteiger partial charge on any atom is -0.353 e. The third-order valence-corrected chi connectivity index (χ3v) is 4.40. The van der Waals surface area contributed by atoms with Crippen molar-refractivity contribution in [1.29, 1.82) is 0 Å². The van der Waals surface area contributed by atoms with Crippen LogP contribution in [0.5, 0.6) is 0 Å². The highest BCUT2D eigenvalue weighted by Crippen LogP contribution is 2.20. The molecule has 1 aromatic carbocycles. The number of nitrogens with zero attached hydrogens (tertiary/aromatic N) is 4. The van der Waals surface area contributed by atoms with Crippen LogP contribution >= 0.6 is 0 Å². The molecule has 0 unspecified atom stereocenters. The van der Waals surface area contributed by atoms with Crippen molar-refractivity contribution in [2.45, 2.75) is 19.9 Å². The molecular weight excluding hydrogens is 306 g/mol. The number of para-hydroxylation sites is 1. The van der Waals surface area contributed by atoms with E-state index in [1.807, 2.05) is 30.3 Å². The van der Waals surface area contributed by atoms with Gasteiger partial charge in [0, 0.05) is 38.3 Å². The number of anilines is 1. The highest BCUT2D eigenvalue weighted by Gasteiger charge is 2.23. The number of piperazine rings is 1. The zero-order valence-corrected chi connectivity index (χ0v) is 14.0. The first-order chi connectivity index (χ1) is 11.6. The van der Waals surface area contributed by atoms with Gasteiger partial charge in [-0.2, -0.15) is 0 Å². The standard InChI is InChI=1S/C17H23N5O2/c1-13(2)20-8-10-21(11-9-20)16-12-15(17(23)19-24)22(18-16)14-6-4-3-5-7-14/h3-7,12-13,24H,8-11H2,1-2H3,(H,19,23). The van der Waals surface area contributed by atoms with Crippen LogP contribution in [0.1, 0.15) is 24.3 Å². The predicted molar refractivity (Wildman–Crippen MR) is 91.7 cm³/mol. The molecule has 1 fully saturated rings. The zero-order chi connectivity index (χ0) is 17.1. The van der Waals surface area contributed by atoms with Gasteiger partial charge in [-0.1, -0.05) is 18.2 Å². The first-order valence-electron chi connectivity index (χ1n) is 8.19. The molecule has 0 spiro atoms. The Morgan fingerprint density at radius 2 is 1.83 bits per heavy atom. The summed E-state index contributed by atoms with van der Waals surface area (Å²) in [6.45, 7) is 8.07. The smallest absolute Gasteiger partial charge is 0.293 e. The Balaban J connectivity index is 1.88. The molecule has 2 N–H and O–H groups in total. The number of aromatic nitrogens is 2. The lowest BCUT2D eigenvalue weighted by molar-refractivity contribution is 0.0697. The summed E-state index contributed by atoms with van der Waals surface area (Å²) in [5, 5.41) is 13.6. The van der Waals surface area contributed by atoms with Crippen LogP contribution in [0.4, 0.5) is 5.82 Å². The summed E-state index contributed by atoms with van der Waals surface area (Å²) in [5.74, 6) is 0.180. The quantitative estimate of drug-likeness (QED) is 0.657. The summed E-state index contributed by atoms with van der Waals surface area (Å²) in [4.78, 5) is 16.6. The molecule has 1 aromatic heterocycles. The van der Waals surface area contributed by atoms with Crippen molar-refractivity contribution in [3.63, 3.8) is 0 Å². The van der Waals surface area contributed by atoms with Gasteiger partial charge < -0.3 is 4.90 Å². The normalized spacial score (nSPS) is 15.8. The summed E-state index contributed by atoms with van der Waals surface area (Å²) in [7, 11) is 0. The van der Waals surface area contributed by atoms with Crippen molar-refractivity contribution < 1.29 is 10.0 Å². The fraction of sp³-hybridized carbons (Fsp3) is 0.412. The summed E-state index contributed by atoms with van der Waals surface area (Å²) in [6.07, 6.45) is 0. The molecule has 128 valence electrons. The Labute approximate surface area is 141 Å². The van der Waals surface area contributed by atoms with Crippen molar-refractivity contribution in [2.75, 3.05) is 31.1 Å². The lowest BCUT2D eigenvalue weighted by atomic mass is 10.2. The predicted octanol–water partition coefficient (Wildman–Crippen LogP) is 1.52. The number of carbonyl (C=O) groups is 1. The highest BCUT2D eigenvalue weighted by molar-refractivity contribution is 5.93. The first-order valence-corrected chi connectivity index (χ1v) is 8.19. The van der Waals surface area contributed by atoms with Gasteiger partial charge in [-0.05, 0) is 26.0 Å². The van der Waals surface area contributed by atoms with Gasteiger partial charge in [-0.15, -0.1) is 5.10 Å². The van der Waals surface area contributed by atoms with Gasteiger partial charge >= 0.3 is 0 Å². The van der Waals surface area contributed by atoms with E-state index in [2.05, 4.69) is 28.7 Å². The van der Waals surface area contributed by atoms with E-state index in [1.165, 1.54) is 0 Å². The van der Waals surface area contributed by atoms with Gasteiger partial charge in [-0.3, -0.25) is 14.9 Å². The summed E-state index contributed by atoms with van der Waals surface area (Å²) >= 11 is 0. The Morgan fingerprint density at radius 1 is 1.17 bits per heavy atom.